The van der Waals surface area contributed by atoms with Crippen molar-refractivity contribution in [3.8, 4) is 16.9 Å². The summed E-state index contributed by atoms with van der Waals surface area (Å²) in [5.74, 6) is -1.10. The van der Waals surface area contributed by atoms with Crippen molar-refractivity contribution in [2.24, 2.45) is 0 Å². The molecule has 1 aliphatic rings. The first-order valence-corrected chi connectivity index (χ1v) is 12.9. The fraction of sp³-hybridized carbons (Fsp3) is 0.321. The van der Waals surface area contributed by atoms with Gasteiger partial charge in [-0.2, -0.15) is 0 Å². The van der Waals surface area contributed by atoms with Crippen molar-refractivity contribution in [1.82, 2.24) is 0 Å². The van der Waals surface area contributed by atoms with E-state index in [0.717, 1.165) is 47.3 Å². The number of ether oxygens (including phenoxy) is 3. The molecule has 0 aliphatic heterocycles. The summed E-state index contributed by atoms with van der Waals surface area (Å²) in [6.45, 7) is 3.15. The summed E-state index contributed by atoms with van der Waals surface area (Å²) in [6.07, 6.45) is 2.63. The first-order chi connectivity index (χ1) is 17.5. The fourth-order valence-corrected chi connectivity index (χ4v) is 5.37. The molecule has 0 saturated carbocycles. The van der Waals surface area contributed by atoms with Crippen LogP contribution in [0.25, 0.3) is 11.1 Å². The van der Waals surface area contributed by atoms with E-state index in [-0.39, 0.29) is 13.2 Å². The third kappa shape index (κ3) is 6.12. The highest BCUT2D eigenvalue weighted by Gasteiger charge is 2.28. The molecule has 1 amide bonds. The van der Waals surface area contributed by atoms with Gasteiger partial charge in [-0.1, -0.05) is 42.5 Å². The number of carbonyl (C=O) groups is 3. The molecule has 1 atom stereocenters. The van der Waals surface area contributed by atoms with Crippen LogP contribution in [0.4, 0.5) is 5.00 Å². The van der Waals surface area contributed by atoms with Crippen LogP contribution >= 0.6 is 11.3 Å². The van der Waals surface area contributed by atoms with Crippen LogP contribution in [0.3, 0.4) is 0 Å². The van der Waals surface area contributed by atoms with Gasteiger partial charge >= 0.3 is 11.9 Å². The second-order valence-corrected chi connectivity index (χ2v) is 9.54. The third-order valence-corrected chi connectivity index (χ3v) is 7.09. The lowest BCUT2D eigenvalue weighted by atomic mass is 9.95. The number of anilines is 1. The molecule has 1 N–H and O–H groups in total. The Balaban J connectivity index is 1.32. The standard InChI is InChI=1S/C28H29NO6S/c1-3-33-28(32)25-22-11-7-8-12-23(22)36-27(25)29-26(31)18(2)35-24(30)17-34-21-15-13-20(14-16-21)19-9-5-4-6-10-19/h4-6,9-10,13-16,18H,3,7-8,11-12,17H2,1-2H3,(H,29,31)/t18-/m1/s1. The van der Waals surface area contributed by atoms with E-state index in [2.05, 4.69) is 5.32 Å². The van der Waals surface area contributed by atoms with Crippen molar-refractivity contribution in [2.75, 3.05) is 18.5 Å². The summed E-state index contributed by atoms with van der Waals surface area (Å²) in [5.41, 5.74) is 3.50. The van der Waals surface area contributed by atoms with E-state index in [0.29, 0.717) is 16.3 Å². The average molecular weight is 508 g/mol. The first-order valence-electron chi connectivity index (χ1n) is 12.1. The van der Waals surface area contributed by atoms with Crippen LogP contribution in [0.15, 0.2) is 54.6 Å². The molecule has 0 bridgehead atoms. The number of carbonyl (C=O) groups excluding carboxylic acids is 3. The lowest BCUT2D eigenvalue weighted by Gasteiger charge is -2.14. The molecule has 0 spiro atoms. The number of benzene rings is 2. The minimum absolute atomic E-state index is 0.250. The maximum absolute atomic E-state index is 12.8. The van der Waals surface area contributed by atoms with Crippen LogP contribution in [-0.2, 0) is 31.9 Å². The van der Waals surface area contributed by atoms with Crippen molar-refractivity contribution in [2.45, 2.75) is 45.6 Å². The summed E-state index contributed by atoms with van der Waals surface area (Å²) >= 11 is 1.39. The Morgan fingerprint density at radius 2 is 1.67 bits per heavy atom. The topological polar surface area (TPSA) is 90.9 Å². The molecule has 4 rings (SSSR count). The number of nitrogens with one attached hydrogen (secondary N) is 1. The normalized spacial score (nSPS) is 13.3. The Bertz CT molecular complexity index is 1220. The summed E-state index contributed by atoms with van der Waals surface area (Å²) in [5, 5.41) is 3.22. The van der Waals surface area contributed by atoms with Gasteiger partial charge in [-0.15, -0.1) is 11.3 Å². The van der Waals surface area contributed by atoms with Crippen LogP contribution in [0.2, 0.25) is 0 Å². The molecular formula is C28H29NO6S. The number of rotatable bonds is 9. The number of thiophene rings is 1. The molecule has 0 saturated heterocycles. The molecule has 1 aromatic heterocycles. The predicted molar refractivity (Wildman–Crippen MR) is 138 cm³/mol. The zero-order valence-electron chi connectivity index (χ0n) is 20.4. The second kappa shape index (κ2) is 11.9. The maximum atomic E-state index is 12.8. The minimum atomic E-state index is -1.06. The van der Waals surface area contributed by atoms with Gasteiger partial charge in [-0.25, -0.2) is 9.59 Å². The van der Waals surface area contributed by atoms with Crippen molar-refractivity contribution in [3.63, 3.8) is 0 Å². The molecule has 1 aliphatic carbocycles. The fourth-order valence-electron chi connectivity index (χ4n) is 4.09. The molecule has 0 radical (unpaired) electrons. The number of fused-ring (bicyclic) bond motifs is 1. The molecule has 0 fully saturated rings. The summed E-state index contributed by atoms with van der Waals surface area (Å²) < 4.78 is 16.0. The van der Waals surface area contributed by atoms with Crippen molar-refractivity contribution in [3.05, 3.63) is 70.6 Å². The van der Waals surface area contributed by atoms with Gasteiger partial charge < -0.3 is 19.5 Å². The molecule has 36 heavy (non-hydrogen) atoms. The Labute approximate surface area is 214 Å². The lowest BCUT2D eigenvalue weighted by Crippen LogP contribution is -2.32. The van der Waals surface area contributed by atoms with Gasteiger partial charge in [0, 0.05) is 4.88 Å². The molecule has 3 aromatic rings. The highest BCUT2D eigenvalue weighted by atomic mass is 32.1. The van der Waals surface area contributed by atoms with Crippen LogP contribution in [0.1, 0.15) is 47.5 Å². The smallest absolute Gasteiger partial charge is 0.344 e. The summed E-state index contributed by atoms with van der Waals surface area (Å²) in [4.78, 5) is 38.7. The van der Waals surface area contributed by atoms with Gasteiger partial charge in [0.2, 0.25) is 0 Å². The van der Waals surface area contributed by atoms with Gasteiger partial charge in [0.15, 0.2) is 12.7 Å². The van der Waals surface area contributed by atoms with Crippen LogP contribution < -0.4 is 10.1 Å². The van der Waals surface area contributed by atoms with Gasteiger partial charge in [0.1, 0.15) is 10.8 Å². The third-order valence-electron chi connectivity index (χ3n) is 5.88. The number of aryl methyl sites for hydroxylation is 1. The van der Waals surface area contributed by atoms with E-state index in [1.165, 1.54) is 18.3 Å². The van der Waals surface area contributed by atoms with Gasteiger partial charge in [-0.05, 0) is 68.4 Å². The van der Waals surface area contributed by atoms with E-state index >= 15 is 0 Å². The average Bonchev–Trinajstić information content (AvgIpc) is 3.26. The van der Waals surface area contributed by atoms with E-state index in [1.807, 2.05) is 42.5 Å². The van der Waals surface area contributed by atoms with E-state index < -0.39 is 23.9 Å². The number of amides is 1. The van der Waals surface area contributed by atoms with Crippen molar-refractivity contribution >= 4 is 34.2 Å². The highest BCUT2D eigenvalue weighted by Crippen LogP contribution is 2.38. The monoisotopic (exact) mass is 507 g/mol. The minimum Gasteiger partial charge on any atom is -0.482 e. The molecule has 8 heteroatoms. The molecule has 188 valence electrons. The van der Waals surface area contributed by atoms with Gasteiger partial charge in [0.25, 0.3) is 5.91 Å². The number of hydrogen-bond acceptors (Lipinski definition) is 7. The summed E-state index contributed by atoms with van der Waals surface area (Å²) in [7, 11) is 0. The first kappa shape index (κ1) is 25.4. The molecular weight excluding hydrogens is 478 g/mol. The highest BCUT2D eigenvalue weighted by molar-refractivity contribution is 7.17. The maximum Gasteiger partial charge on any atom is 0.344 e. The van der Waals surface area contributed by atoms with Crippen molar-refractivity contribution < 1.29 is 28.6 Å². The Morgan fingerprint density at radius 3 is 2.39 bits per heavy atom. The zero-order chi connectivity index (χ0) is 25.5. The van der Waals surface area contributed by atoms with Crippen molar-refractivity contribution in [1.29, 1.82) is 0 Å². The Kier molecular flexibility index (Phi) is 8.38. The molecule has 7 nitrogen and oxygen atoms in total. The van der Waals surface area contributed by atoms with Gasteiger partial charge in [0.05, 0.1) is 12.2 Å². The zero-order valence-corrected chi connectivity index (χ0v) is 21.2. The van der Waals surface area contributed by atoms with E-state index in [4.69, 9.17) is 14.2 Å². The SMILES string of the molecule is CCOC(=O)c1c(NC(=O)[C@@H](C)OC(=O)COc2ccc(-c3ccccc3)cc2)sc2c1CCCC2. The van der Waals surface area contributed by atoms with Crippen LogP contribution in [-0.4, -0.2) is 37.2 Å². The van der Waals surface area contributed by atoms with Gasteiger partial charge in [-0.3, -0.25) is 4.79 Å². The quantitative estimate of drug-likeness (QED) is 0.389. The number of hydrogen-bond donors (Lipinski definition) is 1. The molecule has 1 heterocycles. The van der Waals surface area contributed by atoms with E-state index in [1.54, 1.807) is 19.1 Å². The number of esters is 2. The van der Waals surface area contributed by atoms with Crippen LogP contribution in [0.5, 0.6) is 5.75 Å². The molecule has 0 unspecified atom stereocenters. The largest absolute Gasteiger partial charge is 0.482 e. The Hall–Kier alpha value is -3.65. The van der Waals surface area contributed by atoms with Crippen LogP contribution in [0, 0.1) is 0 Å². The second-order valence-electron chi connectivity index (χ2n) is 8.44. The Morgan fingerprint density at radius 1 is 0.972 bits per heavy atom. The summed E-state index contributed by atoms with van der Waals surface area (Å²) in [6, 6.07) is 17.3. The lowest BCUT2D eigenvalue weighted by molar-refractivity contribution is -0.155. The molecule has 2 aromatic carbocycles. The predicted octanol–water partition coefficient (Wildman–Crippen LogP) is 5.42. The van der Waals surface area contributed by atoms with E-state index in [9.17, 15) is 14.4 Å².